The van der Waals surface area contributed by atoms with E-state index in [0.717, 1.165) is 49.6 Å². The van der Waals surface area contributed by atoms with Gasteiger partial charge in [-0.05, 0) is 87.7 Å². The number of hydrogen-bond acceptors (Lipinski definition) is 6. The van der Waals surface area contributed by atoms with Crippen molar-refractivity contribution in [2.45, 2.75) is 93.1 Å². The first-order valence-corrected chi connectivity index (χ1v) is 13.9. The minimum absolute atomic E-state index is 0.0447. The molecule has 5 aliphatic rings. The molecule has 3 heterocycles. The number of aliphatic hydroxyl groups excluding tert-OH is 2. The molecule has 1 aromatic heterocycles. The van der Waals surface area contributed by atoms with Crippen LogP contribution in [0.3, 0.4) is 0 Å². The number of nitrogens with zero attached hydrogens (tertiary/aromatic N) is 2. The maximum atomic E-state index is 11.3. The molecule has 0 amide bonds. The number of hydrogen-bond donors (Lipinski definition) is 2. The zero-order chi connectivity index (χ0) is 25.3. The van der Waals surface area contributed by atoms with Crippen LogP contribution >= 0.6 is 11.6 Å². The molecule has 194 valence electrons. The van der Waals surface area contributed by atoms with Gasteiger partial charge in [0.25, 0.3) is 0 Å². The number of alkyl halides is 1. The third kappa shape index (κ3) is 2.80. The molecule has 3 aliphatic carbocycles. The van der Waals surface area contributed by atoms with E-state index in [4.69, 9.17) is 20.8 Å². The quantitative estimate of drug-likeness (QED) is 0.569. The first kappa shape index (κ1) is 23.7. The van der Waals surface area contributed by atoms with E-state index < -0.39 is 28.3 Å². The first-order chi connectivity index (χ1) is 17.0. The third-order valence-electron chi connectivity index (χ3n) is 11.0. The lowest BCUT2D eigenvalue weighted by molar-refractivity contribution is -0.276. The normalized spacial score (nSPS) is 47.6. The van der Waals surface area contributed by atoms with Crippen molar-refractivity contribution >= 4 is 28.3 Å². The van der Waals surface area contributed by atoms with Crippen LogP contribution in [0.5, 0.6) is 0 Å². The number of allylic oxidation sites excluding steroid dienone is 2. The second-order valence-corrected chi connectivity index (χ2v) is 13.5. The molecule has 2 N–H and O–H groups in total. The van der Waals surface area contributed by atoms with Crippen LogP contribution in [0.4, 0.5) is 0 Å². The number of oxazole rings is 1. The Kier molecular flexibility index (Phi) is 4.83. The van der Waals surface area contributed by atoms with Crippen molar-refractivity contribution in [1.82, 2.24) is 9.88 Å². The first-order valence-electron chi connectivity index (χ1n) is 13.5. The number of aromatic nitrogens is 1. The van der Waals surface area contributed by atoms with Crippen molar-refractivity contribution in [2.75, 3.05) is 14.1 Å². The second kappa shape index (κ2) is 7.35. The molecular weight excluding hydrogens is 476 g/mol. The molecule has 36 heavy (non-hydrogen) atoms. The van der Waals surface area contributed by atoms with E-state index >= 15 is 0 Å². The standard InChI is InChI=1S/C29H37ClN2O4/c1-16-31-20-13-17(5-7-22(20)35-16)18-6-8-23-26(18,2)9-11-28(30)14-19-24(33)25(34)21(32(3)4)15-27(19)10-12-29(23,28)36-27/h5-7,13,19,21,23-25,33-34H,8-12,14-15H2,1-4H3/t19?,21-,23?,24+,25+,26+,27+,28?,29-/m0/s1. The summed E-state index contributed by atoms with van der Waals surface area (Å²) in [4.78, 5) is 6.09. The van der Waals surface area contributed by atoms with Gasteiger partial charge >= 0.3 is 0 Å². The molecule has 2 aliphatic heterocycles. The smallest absolute Gasteiger partial charge is 0.192 e. The lowest BCUT2D eigenvalue weighted by Crippen LogP contribution is -2.72. The zero-order valence-electron chi connectivity index (χ0n) is 21.6. The van der Waals surface area contributed by atoms with Crippen LogP contribution in [0.1, 0.15) is 63.3 Å². The molecule has 1 aromatic carbocycles. The number of ether oxygens (including phenoxy) is 1. The molecule has 2 bridgehead atoms. The van der Waals surface area contributed by atoms with Gasteiger partial charge in [-0.3, -0.25) is 0 Å². The molecule has 6 nitrogen and oxygen atoms in total. The van der Waals surface area contributed by atoms with Gasteiger partial charge in [-0.25, -0.2) is 4.98 Å². The lowest BCUT2D eigenvalue weighted by atomic mass is 9.52. The molecule has 4 fully saturated rings. The fraction of sp³-hybridized carbons (Fsp3) is 0.690. The maximum absolute atomic E-state index is 11.3. The molecule has 7 rings (SSSR count). The Hall–Kier alpha value is -1.44. The highest BCUT2D eigenvalue weighted by atomic mass is 35.5. The number of likely N-dealkylation sites (N-methyl/N-ethyl adjacent to an activating group) is 1. The SMILES string of the molecule is Cc1nc2cc(C3=CCC4[C@@]56CC[C@]7(C[C@H](N(C)C)[C@@H](O)[C@H](O)C7CC5(Cl)CC[C@]34C)O6)ccc2o1. The summed E-state index contributed by atoms with van der Waals surface area (Å²) in [5.41, 5.74) is 3.42. The molecule has 2 aromatic rings. The van der Waals surface area contributed by atoms with Gasteiger partial charge in [0, 0.05) is 24.8 Å². The minimum Gasteiger partial charge on any atom is -0.441 e. The van der Waals surface area contributed by atoms with Crippen LogP contribution < -0.4 is 0 Å². The number of aryl methyl sites for hydroxylation is 1. The van der Waals surface area contributed by atoms with E-state index in [9.17, 15) is 10.2 Å². The molecule has 7 heteroatoms. The Morgan fingerprint density at radius 1 is 1.08 bits per heavy atom. The van der Waals surface area contributed by atoms with Crippen molar-refractivity contribution in [3.05, 3.63) is 35.7 Å². The van der Waals surface area contributed by atoms with E-state index in [1.807, 2.05) is 32.0 Å². The van der Waals surface area contributed by atoms with Crippen molar-refractivity contribution in [3.8, 4) is 0 Å². The summed E-state index contributed by atoms with van der Waals surface area (Å²) in [6, 6.07) is 6.25. The summed E-state index contributed by atoms with van der Waals surface area (Å²) in [6.07, 6.45) is 6.84. The molecule has 9 atom stereocenters. The summed E-state index contributed by atoms with van der Waals surface area (Å²) in [5, 5.41) is 22.3. The maximum Gasteiger partial charge on any atom is 0.192 e. The molecular formula is C29H37ClN2O4. The largest absolute Gasteiger partial charge is 0.441 e. The van der Waals surface area contributed by atoms with Crippen molar-refractivity contribution in [1.29, 1.82) is 0 Å². The molecule has 2 saturated heterocycles. The second-order valence-electron chi connectivity index (χ2n) is 12.8. The van der Waals surface area contributed by atoms with Crippen LogP contribution in [0.2, 0.25) is 0 Å². The summed E-state index contributed by atoms with van der Waals surface area (Å²) in [6.45, 7) is 4.29. The van der Waals surface area contributed by atoms with Gasteiger partial charge in [-0.15, -0.1) is 11.6 Å². The summed E-state index contributed by atoms with van der Waals surface area (Å²) in [5.74, 6) is 0.836. The number of rotatable bonds is 2. The number of aliphatic hydroxyl groups is 2. The number of benzene rings is 1. The molecule has 2 spiro atoms. The topological polar surface area (TPSA) is 79.0 Å². The highest BCUT2D eigenvalue weighted by Crippen LogP contribution is 2.73. The van der Waals surface area contributed by atoms with Crippen LogP contribution in [0, 0.1) is 24.2 Å². The van der Waals surface area contributed by atoms with E-state index in [2.05, 4.69) is 30.1 Å². The van der Waals surface area contributed by atoms with Crippen molar-refractivity contribution in [2.24, 2.45) is 17.3 Å². The Balaban J connectivity index is 1.27. The fourth-order valence-corrected chi connectivity index (χ4v) is 9.74. The summed E-state index contributed by atoms with van der Waals surface area (Å²) >= 11 is 7.62. The van der Waals surface area contributed by atoms with E-state index in [-0.39, 0.29) is 23.3 Å². The Bertz CT molecular complexity index is 1280. The summed E-state index contributed by atoms with van der Waals surface area (Å²) < 4.78 is 13.1. The average molecular weight is 513 g/mol. The monoisotopic (exact) mass is 512 g/mol. The Labute approximate surface area is 217 Å². The van der Waals surface area contributed by atoms with Crippen molar-refractivity contribution < 1.29 is 19.4 Å². The third-order valence-corrected chi connectivity index (χ3v) is 11.7. The molecule has 0 radical (unpaired) electrons. The lowest BCUT2D eigenvalue weighted by Gasteiger charge is -2.65. The van der Waals surface area contributed by atoms with Gasteiger partial charge < -0.3 is 24.3 Å². The van der Waals surface area contributed by atoms with Gasteiger partial charge in [-0.1, -0.05) is 19.1 Å². The van der Waals surface area contributed by atoms with Gasteiger partial charge in [0.05, 0.1) is 28.3 Å². The molecule has 2 saturated carbocycles. The Morgan fingerprint density at radius 3 is 2.67 bits per heavy atom. The highest BCUT2D eigenvalue weighted by Gasteiger charge is 2.76. The fourth-order valence-electron chi connectivity index (χ4n) is 9.22. The minimum atomic E-state index is -0.818. The van der Waals surface area contributed by atoms with Crippen LogP contribution in [0.15, 0.2) is 28.7 Å². The van der Waals surface area contributed by atoms with Gasteiger partial charge in [0.15, 0.2) is 11.5 Å². The number of fused-ring (bicyclic) bond motifs is 2. The van der Waals surface area contributed by atoms with Gasteiger partial charge in [0.1, 0.15) is 5.52 Å². The van der Waals surface area contributed by atoms with E-state index in [1.165, 1.54) is 11.1 Å². The predicted molar refractivity (Wildman–Crippen MR) is 139 cm³/mol. The predicted octanol–water partition coefficient (Wildman–Crippen LogP) is 4.68. The van der Waals surface area contributed by atoms with Gasteiger partial charge in [0.2, 0.25) is 0 Å². The van der Waals surface area contributed by atoms with Gasteiger partial charge in [-0.2, -0.15) is 0 Å². The average Bonchev–Trinajstić information content (AvgIpc) is 3.49. The summed E-state index contributed by atoms with van der Waals surface area (Å²) in [7, 11) is 3.96. The van der Waals surface area contributed by atoms with Crippen molar-refractivity contribution in [3.63, 3.8) is 0 Å². The van der Waals surface area contributed by atoms with E-state index in [0.29, 0.717) is 12.3 Å². The van der Waals surface area contributed by atoms with Crippen LogP contribution in [-0.2, 0) is 4.74 Å². The van der Waals surface area contributed by atoms with Crippen LogP contribution in [0.25, 0.3) is 16.7 Å². The number of halogens is 1. The van der Waals surface area contributed by atoms with E-state index in [1.54, 1.807) is 0 Å². The van der Waals surface area contributed by atoms with Crippen LogP contribution in [-0.4, -0.2) is 68.5 Å². The molecule has 3 unspecified atom stereocenters. The zero-order valence-corrected chi connectivity index (χ0v) is 22.4. The Morgan fingerprint density at radius 2 is 1.89 bits per heavy atom. The highest BCUT2D eigenvalue weighted by molar-refractivity contribution is 6.25.